The van der Waals surface area contributed by atoms with Gasteiger partial charge >= 0.3 is 0 Å². The molecule has 0 spiro atoms. The van der Waals surface area contributed by atoms with Crippen molar-refractivity contribution in [3.8, 4) is 0 Å². The number of sulfonamides is 1. The highest BCUT2D eigenvalue weighted by Gasteiger charge is 2.44. The van der Waals surface area contributed by atoms with Gasteiger partial charge in [-0.15, -0.1) is 0 Å². The Labute approximate surface area is 253 Å². The maximum Gasteiger partial charge on any atom is 0.274 e. The summed E-state index contributed by atoms with van der Waals surface area (Å²) in [7, 11) is -4.02. The molecule has 0 saturated heterocycles. The largest absolute Gasteiger partial charge is 0.280 e. The van der Waals surface area contributed by atoms with E-state index in [9.17, 15) is 22.0 Å². The topological polar surface area (TPSA) is 78.8 Å². The van der Waals surface area contributed by atoms with Crippen molar-refractivity contribution in [1.82, 2.24) is 5.01 Å². The van der Waals surface area contributed by atoms with E-state index in [1.807, 2.05) is 6.08 Å². The molecule has 2 atom stereocenters. The lowest BCUT2D eigenvalue weighted by molar-refractivity contribution is 0.0680. The van der Waals surface area contributed by atoms with Crippen molar-refractivity contribution in [2.75, 3.05) is 4.72 Å². The zero-order valence-corrected chi connectivity index (χ0v) is 24.3. The van der Waals surface area contributed by atoms with Crippen LogP contribution in [0.4, 0.5) is 14.5 Å². The molecule has 4 aromatic rings. The number of nitrogens with one attached hydrogen (secondary N) is 1. The van der Waals surface area contributed by atoms with E-state index >= 15 is 0 Å². The highest BCUT2D eigenvalue weighted by Crippen LogP contribution is 2.45. The van der Waals surface area contributed by atoms with E-state index in [2.05, 4.69) is 4.72 Å². The number of hydrogen-bond acceptors (Lipinski definition) is 4. The fraction of sp³-hybridized carbons (Fsp3) is 0.152. The van der Waals surface area contributed by atoms with E-state index in [1.165, 1.54) is 47.5 Å². The summed E-state index contributed by atoms with van der Waals surface area (Å²) in [5.74, 6) is -1.37. The molecule has 6 rings (SSSR count). The number of nitrogens with zero attached hydrogens (tertiary/aromatic N) is 2. The van der Waals surface area contributed by atoms with Crippen LogP contribution in [0.25, 0.3) is 6.08 Å². The predicted octanol–water partition coefficient (Wildman–Crippen LogP) is 7.86. The molecule has 1 heterocycles. The number of allylic oxidation sites excluding steroid dienone is 1. The minimum Gasteiger partial charge on any atom is -0.280 e. The first-order valence-electron chi connectivity index (χ1n) is 13.7. The third-order valence-corrected chi connectivity index (χ3v) is 9.25. The van der Waals surface area contributed by atoms with Crippen LogP contribution < -0.4 is 4.72 Å². The van der Waals surface area contributed by atoms with Crippen molar-refractivity contribution >= 4 is 45.0 Å². The number of carbonyl (C=O) groups is 1. The molecule has 2 aliphatic rings. The summed E-state index contributed by atoms with van der Waals surface area (Å²) in [4.78, 5) is 14.0. The van der Waals surface area contributed by atoms with E-state index in [-0.39, 0.29) is 22.2 Å². The molecule has 1 saturated carbocycles. The second-order valence-electron chi connectivity index (χ2n) is 10.5. The van der Waals surface area contributed by atoms with Crippen LogP contribution in [-0.2, 0) is 10.0 Å². The van der Waals surface area contributed by atoms with Gasteiger partial charge in [0.15, 0.2) is 0 Å². The van der Waals surface area contributed by atoms with Gasteiger partial charge in [0.2, 0.25) is 0 Å². The average molecular weight is 618 g/mol. The molecule has 6 nitrogen and oxygen atoms in total. The van der Waals surface area contributed by atoms with Crippen molar-refractivity contribution < 1.29 is 22.0 Å². The summed E-state index contributed by atoms with van der Waals surface area (Å²) in [6.45, 7) is 0. The number of fused-ring (bicyclic) bond motifs is 1. The molecule has 1 aliphatic carbocycles. The Bertz CT molecular complexity index is 1840. The minimum atomic E-state index is -4.02. The van der Waals surface area contributed by atoms with Gasteiger partial charge < -0.3 is 0 Å². The number of anilines is 1. The first kappa shape index (κ1) is 28.8. The van der Waals surface area contributed by atoms with Crippen LogP contribution in [0.2, 0.25) is 5.02 Å². The molecule has 1 amide bonds. The fourth-order valence-corrected chi connectivity index (χ4v) is 6.81. The summed E-state index contributed by atoms with van der Waals surface area (Å²) in [5, 5.41) is 6.67. The molecule has 1 N–H and O–H groups in total. The fourth-order valence-electron chi connectivity index (χ4n) is 5.58. The normalized spacial score (nSPS) is 19.2. The Balaban J connectivity index is 1.37. The number of rotatable bonds is 6. The number of carbonyl (C=O) groups excluding carboxylic acids is 1. The number of hydrazone groups is 1. The Kier molecular flexibility index (Phi) is 7.85. The second-order valence-corrected chi connectivity index (χ2v) is 12.6. The van der Waals surface area contributed by atoms with E-state index in [4.69, 9.17) is 16.7 Å². The van der Waals surface area contributed by atoms with Crippen LogP contribution in [0.1, 0.15) is 46.8 Å². The van der Waals surface area contributed by atoms with Crippen LogP contribution in [0.5, 0.6) is 0 Å². The van der Waals surface area contributed by atoms with E-state index < -0.39 is 27.8 Å². The van der Waals surface area contributed by atoms with Gasteiger partial charge in [-0.25, -0.2) is 22.2 Å². The van der Waals surface area contributed by atoms with Crippen molar-refractivity contribution in [1.29, 1.82) is 0 Å². The lowest BCUT2D eigenvalue weighted by Crippen LogP contribution is -2.32. The standard InChI is InChI=1S/C33H26ClF2N3O3S/c34-25-11-17-28(18-12-25)38-43(41,42)29-5-1-4-24(20-29)33(40)39-32(22-9-15-27(36)16-10-22)30-6-2-3-23(31(30)37-39)19-21-7-13-26(35)14-8-21/h1,4-5,7-20,30,32,38H,2-3,6H2. The molecule has 1 fully saturated rings. The van der Waals surface area contributed by atoms with Crippen molar-refractivity contribution in [3.63, 3.8) is 0 Å². The SMILES string of the molecule is O=C(c1cccc(S(=O)(=O)Nc2ccc(Cl)cc2)c1)N1N=C2C(=Cc3ccc(F)cc3)CCCC2C1c1ccc(F)cc1. The summed E-state index contributed by atoms with van der Waals surface area (Å²) >= 11 is 5.92. The van der Waals surface area contributed by atoms with Gasteiger partial charge in [0.1, 0.15) is 11.6 Å². The zero-order chi connectivity index (χ0) is 30.1. The van der Waals surface area contributed by atoms with Crippen molar-refractivity contribution in [2.24, 2.45) is 11.0 Å². The number of halogens is 3. The summed E-state index contributed by atoms with van der Waals surface area (Å²) in [5.41, 5.74) is 3.68. The van der Waals surface area contributed by atoms with Gasteiger partial charge in [-0.05, 0) is 109 Å². The quantitative estimate of drug-likeness (QED) is 0.239. The lowest BCUT2D eigenvalue weighted by atomic mass is 9.77. The molecule has 0 aromatic heterocycles. The maximum atomic E-state index is 14.1. The highest BCUT2D eigenvalue weighted by atomic mass is 35.5. The van der Waals surface area contributed by atoms with Crippen LogP contribution in [0, 0.1) is 17.6 Å². The van der Waals surface area contributed by atoms with Crippen LogP contribution >= 0.6 is 11.6 Å². The summed E-state index contributed by atoms with van der Waals surface area (Å²) in [6, 6.07) is 23.6. The molecule has 218 valence electrons. The predicted molar refractivity (Wildman–Crippen MR) is 163 cm³/mol. The van der Waals surface area contributed by atoms with Gasteiger partial charge in [-0.3, -0.25) is 9.52 Å². The molecular weight excluding hydrogens is 592 g/mol. The molecule has 43 heavy (non-hydrogen) atoms. The molecule has 4 aromatic carbocycles. The maximum absolute atomic E-state index is 14.1. The second kappa shape index (κ2) is 11.7. The molecule has 0 bridgehead atoms. The van der Waals surface area contributed by atoms with Gasteiger partial charge in [0.25, 0.3) is 15.9 Å². The number of benzene rings is 4. The minimum absolute atomic E-state index is 0.0900. The Morgan fingerprint density at radius 1 is 0.930 bits per heavy atom. The van der Waals surface area contributed by atoms with Crippen molar-refractivity contribution in [3.05, 3.63) is 136 Å². The first-order valence-corrected chi connectivity index (χ1v) is 15.6. The smallest absolute Gasteiger partial charge is 0.274 e. The third-order valence-electron chi connectivity index (χ3n) is 7.62. The highest BCUT2D eigenvalue weighted by molar-refractivity contribution is 7.92. The third kappa shape index (κ3) is 6.09. The van der Waals surface area contributed by atoms with Gasteiger partial charge in [0, 0.05) is 22.2 Å². The van der Waals surface area contributed by atoms with E-state index in [1.54, 1.807) is 54.6 Å². The zero-order valence-electron chi connectivity index (χ0n) is 22.8. The van der Waals surface area contributed by atoms with Crippen molar-refractivity contribution in [2.45, 2.75) is 30.2 Å². The van der Waals surface area contributed by atoms with Crippen LogP contribution in [0.3, 0.4) is 0 Å². The molecule has 0 radical (unpaired) electrons. The Morgan fingerprint density at radius 2 is 1.60 bits per heavy atom. The monoisotopic (exact) mass is 617 g/mol. The van der Waals surface area contributed by atoms with E-state index in [0.717, 1.165) is 41.7 Å². The Morgan fingerprint density at radius 3 is 2.30 bits per heavy atom. The lowest BCUT2D eigenvalue weighted by Gasteiger charge is -2.29. The molecular formula is C33H26ClF2N3O3S. The average Bonchev–Trinajstić information content (AvgIpc) is 3.40. The number of amides is 1. The molecule has 10 heteroatoms. The molecule has 2 unspecified atom stereocenters. The van der Waals surface area contributed by atoms with Gasteiger partial charge in [0.05, 0.1) is 16.6 Å². The van der Waals surface area contributed by atoms with Gasteiger partial charge in [-0.1, -0.05) is 41.9 Å². The summed E-state index contributed by atoms with van der Waals surface area (Å²) in [6.07, 6.45) is 4.29. The Hall–Kier alpha value is -4.34. The number of hydrogen-bond donors (Lipinski definition) is 1. The molecule has 1 aliphatic heterocycles. The van der Waals surface area contributed by atoms with Gasteiger partial charge in [-0.2, -0.15) is 5.10 Å². The van der Waals surface area contributed by atoms with Crippen LogP contribution in [-0.4, -0.2) is 25.0 Å². The summed E-state index contributed by atoms with van der Waals surface area (Å²) < 4.78 is 56.3. The van der Waals surface area contributed by atoms with Crippen LogP contribution in [0.15, 0.2) is 113 Å². The van der Waals surface area contributed by atoms with E-state index in [0.29, 0.717) is 10.7 Å². The first-order chi connectivity index (χ1) is 20.7.